The maximum atomic E-state index is 6.22. The topological polar surface area (TPSA) is 27.7 Å². The highest BCUT2D eigenvalue weighted by Gasteiger charge is 2.28. The van der Waals surface area contributed by atoms with Gasteiger partial charge in [0.15, 0.2) is 0 Å². The fourth-order valence-electron chi connectivity index (χ4n) is 1.86. The van der Waals surface area contributed by atoms with E-state index in [2.05, 4.69) is 6.92 Å². The molecule has 0 saturated heterocycles. The van der Waals surface area contributed by atoms with Crippen LogP contribution in [0.15, 0.2) is 0 Å². The van der Waals surface area contributed by atoms with Crippen LogP contribution in [0.25, 0.3) is 0 Å². The van der Waals surface area contributed by atoms with Crippen LogP contribution in [0, 0.1) is 5.92 Å². The lowest BCUT2D eigenvalue weighted by molar-refractivity contribution is 0.0134. The van der Waals surface area contributed by atoms with Crippen molar-refractivity contribution in [2.75, 3.05) is 39.6 Å². The van der Waals surface area contributed by atoms with Crippen LogP contribution in [-0.2, 0) is 14.2 Å². The van der Waals surface area contributed by atoms with Crippen LogP contribution in [0.3, 0.4) is 0 Å². The molecule has 114 valence electrons. The molecular formula is C15H29ClO3. The predicted molar refractivity (Wildman–Crippen MR) is 79.0 cm³/mol. The van der Waals surface area contributed by atoms with Crippen molar-refractivity contribution in [3.05, 3.63) is 0 Å². The van der Waals surface area contributed by atoms with Gasteiger partial charge in [-0.1, -0.05) is 13.3 Å². The summed E-state index contributed by atoms with van der Waals surface area (Å²) in [4.78, 5) is 0. The van der Waals surface area contributed by atoms with E-state index in [0.29, 0.717) is 31.8 Å². The van der Waals surface area contributed by atoms with Gasteiger partial charge in [-0.15, -0.1) is 11.6 Å². The molecule has 0 N–H and O–H groups in total. The molecule has 0 bridgehead atoms. The van der Waals surface area contributed by atoms with Gasteiger partial charge in [0.1, 0.15) is 0 Å². The third-order valence-electron chi connectivity index (χ3n) is 3.29. The Kier molecular flexibility index (Phi) is 10.8. The van der Waals surface area contributed by atoms with Crippen LogP contribution in [-0.4, -0.2) is 45.0 Å². The number of hydrogen-bond acceptors (Lipinski definition) is 3. The van der Waals surface area contributed by atoms with Gasteiger partial charge in [0.25, 0.3) is 0 Å². The lowest BCUT2D eigenvalue weighted by atomic mass is 10.2. The second-order valence-corrected chi connectivity index (χ2v) is 5.75. The normalized spacial score (nSPS) is 16.7. The zero-order valence-corrected chi connectivity index (χ0v) is 13.0. The van der Waals surface area contributed by atoms with Gasteiger partial charge in [0.2, 0.25) is 0 Å². The first-order valence-electron chi connectivity index (χ1n) is 7.72. The molecule has 0 radical (unpaired) electrons. The van der Waals surface area contributed by atoms with Crippen LogP contribution in [0.5, 0.6) is 0 Å². The van der Waals surface area contributed by atoms with E-state index >= 15 is 0 Å². The summed E-state index contributed by atoms with van der Waals surface area (Å²) in [5.41, 5.74) is 0. The first-order valence-corrected chi connectivity index (χ1v) is 8.15. The molecule has 19 heavy (non-hydrogen) atoms. The van der Waals surface area contributed by atoms with Crippen molar-refractivity contribution >= 4 is 11.6 Å². The molecule has 1 aliphatic carbocycles. The van der Waals surface area contributed by atoms with Crippen molar-refractivity contribution in [2.45, 2.75) is 50.8 Å². The number of alkyl halides is 1. The number of rotatable bonds is 14. The minimum atomic E-state index is 0.375. The molecule has 0 heterocycles. The van der Waals surface area contributed by atoms with Crippen LogP contribution in [0.1, 0.15) is 45.4 Å². The fourth-order valence-corrected chi connectivity index (χ4v) is 2.27. The van der Waals surface area contributed by atoms with E-state index in [4.69, 9.17) is 25.8 Å². The second kappa shape index (κ2) is 12.0. The Morgan fingerprint density at radius 1 is 0.895 bits per heavy atom. The van der Waals surface area contributed by atoms with Gasteiger partial charge in [-0.25, -0.2) is 0 Å². The van der Waals surface area contributed by atoms with E-state index < -0.39 is 0 Å². The molecule has 0 spiro atoms. The molecule has 1 atom stereocenters. The molecule has 1 aliphatic rings. The maximum absolute atomic E-state index is 6.22. The quantitative estimate of drug-likeness (QED) is 0.361. The van der Waals surface area contributed by atoms with Crippen molar-refractivity contribution in [1.29, 1.82) is 0 Å². The zero-order valence-electron chi connectivity index (χ0n) is 12.2. The highest BCUT2D eigenvalue weighted by atomic mass is 35.5. The summed E-state index contributed by atoms with van der Waals surface area (Å²) >= 11 is 6.22. The van der Waals surface area contributed by atoms with Crippen molar-refractivity contribution in [3.8, 4) is 0 Å². The summed E-state index contributed by atoms with van der Waals surface area (Å²) in [5.74, 6) is 0.790. The summed E-state index contributed by atoms with van der Waals surface area (Å²) in [6.07, 6.45) is 7.10. The van der Waals surface area contributed by atoms with Gasteiger partial charge in [0.05, 0.1) is 26.4 Å². The Balaban J connectivity index is 1.67. The average Bonchev–Trinajstić information content (AvgIpc) is 3.24. The first kappa shape index (κ1) is 17.2. The monoisotopic (exact) mass is 292 g/mol. The van der Waals surface area contributed by atoms with Crippen LogP contribution in [0.2, 0.25) is 0 Å². The molecule has 0 aromatic carbocycles. The van der Waals surface area contributed by atoms with E-state index in [-0.39, 0.29) is 0 Å². The SMILES string of the molecule is CCCCOCCOCCOCCCC(Cl)C1CC1. The first-order chi connectivity index (χ1) is 9.34. The number of halogens is 1. The molecule has 1 unspecified atom stereocenters. The minimum absolute atomic E-state index is 0.375. The van der Waals surface area contributed by atoms with E-state index in [1.165, 1.54) is 19.3 Å². The summed E-state index contributed by atoms with van der Waals surface area (Å²) in [6.45, 7) is 6.49. The van der Waals surface area contributed by atoms with Gasteiger partial charge in [-0.3, -0.25) is 0 Å². The van der Waals surface area contributed by atoms with Gasteiger partial charge in [-0.2, -0.15) is 0 Å². The lowest BCUT2D eigenvalue weighted by Crippen LogP contribution is -2.11. The highest BCUT2D eigenvalue weighted by Crippen LogP contribution is 2.37. The second-order valence-electron chi connectivity index (χ2n) is 5.19. The third kappa shape index (κ3) is 10.6. The van der Waals surface area contributed by atoms with Gasteiger partial charge in [-0.05, 0) is 38.0 Å². The standard InChI is InChI=1S/C15H29ClO3/c1-2-3-8-17-10-12-19-13-11-18-9-4-5-15(16)14-6-7-14/h14-15H,2-13H2,1H3. The Labute approximate surface area is 122 Å². The molecule has 1 rings (SSSR count). The summed E-state index contributed by atoms with van der Waals surface area (Å²) < 4.78 is 16.3. The summed E-state index contributed by atoms with van der Waals surface area (Å²) in [5, 5.41) is 0.375. The molecule has 0 amide bonds. The molecule has 3 nitrogen and oxygen atoms in total. The zero-order chi connectivity index (χ0) is 13.8. The minimum Gasteiger partial charge on any atom is -0.379 e. The molecule has 1 saturated carbocycles. The van der Waals surface area contributed by atoms with Crippen molar-refractivity contribution in [1.82, 2.24) is 0 Å². The van der Waals surface area contributed by atoms with Crippen molar-refractivity contribution in [3.63, 3.8) is 0 Å². The fraction of sp³-hybridized carbons (Fsp3) is 1.00. The van der Waals surface area contributed by atoms with Crippen molar-refractivity contribution < 1.29 is 14.2 Å². The Hall–Kier alpha value is 0.170. The highest BCUT2D eigenvalue weighted by molar-refractivity contribution is 6.20. The number of unbranched alkanes of at least 4 members (excludes halogenated alkanes) is 1. The van der Waals surface area contributed by atoms with Gasteiger partial charge >= 0.3 is 0 Å². The molecule has 0 aromatic heterocycles. The predicted octanol–water partition coefficient (Wildman–Crippen LogP) is 3.63. The van der Waals surface area contributed by atoms with E-state index in [1.54, 1.807) is 0 Å². The third-order valence-corrected chi connectivity index (χ3v) is 3.86. The Morgan fingerprint density at radius 2 is 1.42 bits per heavy atom. The Bertz CT molecular complexity index is 198. The molecule has 0 aliphatic heterocycles. The van der Waals surface area contributed by atoms with Gasteiger partial charge < -0.3 is 14.2 Å². The largest absolute Gasteiger partial charge is 0.379 e. The molecule has 1 fully saturated rings. The summed E-state index contributed by atoms with van der Waals surface area (Å²) in [7, 11) is 0. The van der Waals surface area contributed by atoms with Gasteiger partial charge in [0, 0.05) is 18.6 Å². The van der Waals surface area contributed by atoms with Crippen LogP contribution < -0.4 is 0 Å². The van der Waals surface area contributed by atoms with E-state index in [9.17, 15) is 0 Å². The molecule has 4 heteroatoms. The number of ether oxygens (including phenoxy) is 3. The van der Waals surface area contributed by atoms with Crippen molar-refractivity contribution in [2.24, 2.45) is 5.92 Å². The van der Waals surface area contributed by atoms with E-state index in [1.807, 2.05) is 0 Å². The Morgan fingerprint density at radius 3 is 1.95 bits per heavy atom. The van der Waals surface area contributed by atoms with Crippen LogP contribution >= 0.6 is 11.6 Å². The average molecular weight is 293 g/mol. The number of hydrogen-bond donors (Lipinski definition) is 0. The van der Waals surface area contributed by atoms with E-state index in [0.717, 1.165) is 38.4 Å². The lowest BCUT2D eigenvalue weighted by Gasteiger charge is -2.08. The maximum Gasteiger partial charge on any atom is 0.0701 e. The smallest absolute Gasteiger partial charge is 0.0701 e. The summed E-state index contributed by atoms with van der Waals surface area (Å²) in [6, 6.07) is 0. The molecular weight excluding hydrogens is 264 g/mol. The van der Waals surface area contributed by atoms with Crippen LogP contribution in [0.4, 0.5) is 0 Å². The molecule has 0 aromatic rings.